The number of rotatable bonds is 6. The summed E-state index contributed by atoms with van der Waals surface area (Å²) in [4.78, 5) is 30.0. The summed E-state index contributed by atoms with van der Waals surface area (Å²) in [7, 11) is 0. The van der Waals surface area contributed by atoms with Crippen LogP contribution in [0.5, 0.6) is 5.75 Å². The number of aryl methyl sites for hydroxylation is 1. The number of ketones is 1. The topological polar surface area (TPSA) is 70.1 Å². The van der Waals surface area contributed by atoms with E-state index in [9.17, 15) is 23.5 Å². The van der Waals surface area contributed by atoms with Crippen LogP contribution in [0.15, 0.2) is 66.2 Å². The molecular formula is C30H28F2N2O4. The van der Waals surface area contributed by atoms with E-state index in [1.807, 2.05) is 26.0 Å². The van der Waals surface area contributed by atoms with Crippen molar-refractivity contribution in [1.29, 1.82) is 0 Å². The van der Waals surface area contributed by atoms with E-state index in [0.29, 0.717) is 17.7 Å². The molecule has 1 saturated heterocycles. The Bertz CT molecular complexity index is 1430. The fourth-order valence-electron chi connectivity index (χ4n) is 5.17. The summed E-state index contributed by atoms with van der Waals surface area (Å²) in [5, 5.41) is 11.4. The molecule has 3 aromatic carbocycles. The molecule has 2 heterocycles. The molecule has 0 aliphatic carbocycles. The molecule has 1 N–H and O–H groups in total. The van der Waals surface area contributed by atoms with Crippen molar-refractivity contribution in [3.63, 3.8) is 0 Å². The Morgan fingerprint density at radius 2 is 1.74 bits per heavy atom. The van der Waals surface area contributed by atoms with Gasteiger partial charge in [-0.05, 0) is 80.3 Å². The number of carbonyl (C=O) groups is 2. The van der Waals surface area contributed by atoms with Crippen LogP contribution in [0.3, 0.4) is 0 Å². The van der Waals surface area contributed by atoms with Crippen molar-refractivity contribution in [1.82, 2.24) is 0 Å². The van der Waals surface area contributed by atoms with Crippen LogP contribution < -0.4 is 14.5 Å². The maximum Gasteiger partial charge on any atom is 0.300 e. The number of hydrogen-bond acceptors (Lipinski definition) is 5. The number of nitrogens with zero attached hydrogens (tertiary/aromatic N) is 2. The first-order valence-corrected chi connectivity index (χ1v) is 12.7. The van der Waals surface area contributed by atoms with Crippen LogP contribution in [0.1, 0.15) is 43.0 Å². The molecule has 2 aliphatic heterocycles. The second kappa shape index (κ2) is 10.3. The van der Waals surface area contributed by atoms with Crippen molar-refractivity contribution in [2.24, 2.45) is 0 Å². The normalized spacial score (nSPS) is 18.3. The number of anilines is 2. The van der Waals surface area contributed by atoms with Gasteiger partial charge in [-0.25, -0.2) is 8.78 Å². The molecule has 0 bridgehead atoms. The molecule has 6 nitrogen and oxygen atoms in total. The maximum atomic E-state index is 14.2. The lowest BCUT2D eigenvalue weighted by Gasteiger charge is -2.27. The second-order valence-electron chi connectivity index (χ2n) is 9.31. The standard InChI is InChI=1S/C30H28F2N2O4/c1-3-33(4-2)21-10-7-18(8-11-21)27-26(28(35)20-9-14-25-19(16-20)6-5-15-38-25)29(36)30(37)34(27)22-12-13-23(31)24(32)17-22/h7-14,16-17,27,35H,3-6,15H2,1-2H3/b28-26-. The predicted octanol–water partition coefficient (Wildman–Crippen LogP) is 5.76. The summed E-state index contributed by atoms with van der Waals surface area (Å²) >= 11 is 0. The van der Waals surface area contributed by atoms with Crippen molar-refractivity contribution in [2.45, 2.75) is 32.7 Å². The Morgan fingerprint density at radius 3 is 2.42 bits per heavy atom. The minimum absolute atomic E-state index is 0.0155. The van der Waals surface area contributed by atoms with Gasteiger partial charge in [0, 0.05) is 36.1 Å². The number of carbonyl (C=O) groups excluding carboxylic acids is 2. The van der Waals surface area contributed by atoms with Gasteiger partial charge in [-0.3, -0.25) is 14.5 Å². The number of halogens is 2. The summed E-state index contributed by atoms with van der Waals surface area (Å²) < 4.78 is 33.6. The zero-order valence-corrected chi connectivity index (χ0v) is 21.2. The maximum absolute atomic E-state index is 14.2. The number of ether oxygens (including phenoxy) is 1. The van der Waals surface area contributed by atoms with Gasteiger partial charge in [-0.2, -0.15) is 0 Å². The number of fused-ring (bicyclic) bond motifs is 1. The third-order valence-electron chi connectivity index (χ3n) is 7.15. The average Bonchev–Trinajstić information content (AvgIpc) is 3.20. The molecule has 0 saturated carbocycles. The molecule has 0 radical (unpaired) electrons. The van der Waals surface area contributed by atoms with Gasteiger partial charge >= 0.3 is 0 Å². The molecule has 3 aromatic rings. The van der Waals surface area contributed by atoms with Gasteiger partial charge in [0.15, 0.2) is 11.6 Å². The molecule has 5 rings (SSSR count). The first-order valence-electron chi connectivity index (χ1n) is 12.7. The smallest absolute Gasteiger partial charge is 0.300 e. The molecule has 1 atom stereocenters. The van der Waals surface area contributed by atoms with E-state index in [1.54, 1.807) is 30.3 Å². The summed E-state index contributed by atoms with van der Waals surface area (Å²) in [5.74, 6) is -3.66. The highest BCUT2D eigenvalue weighted by molar-refractivity contribution is 6.51. The number of amides is 1. The van der Waals surface area contributed by atoms with E-state index < -0.39 is 29.4 Å². The number of aliphatic hydroxyl groups excluding tert-OH is 1. The van der Waals surface area contributed by atoms with Crippen LogP contribution in [0.4, 0.5) is 20.2 Å². The molecule has 0 spiro atoms. The zero-order valence-electron chi connectivity index (χ0n) is 21.2. The molecule has 2 aliphatic rings. The lowest BCUT2D eigenvalue weighted by Crippen LogP contribution is -2.29. The van der Waals surface area contributed by atoms with E-state index in [0.717, 1.165) is 60.0 Å². The first kappa shape index (κ1) is 25.4. The molecule has 8 heteroatoms. The highest BCUT2D eigenvalue weighted by Crippen LogP contribution is 2.43. The van der Waals surface area contributed by atoms with Gasteiger partial charge in [0.1, 0.15) is 11.5 Å². The Hall–Kier alpha value is -4.20. The number of benzene rings is 3. The summed E-state index contributed by atoms with van der Waals surface area (Å²) in [6.07, 6.45) is 1.59. The van der Waals surface area contributed by atoms with E-state index in [2.05, 4.69) is 4.90 Å². The van der Waals surface area contributed by atoms with Gasteiger partial charge in [0.05, 0.1) is 18.2 Å². The zero-order chi connectivity index (χ0) is 27.0. The van der Waals surface area contributed by atoms with E-state index in [4.69, 9.17) is 4.74 Å². The first-order chi connectivity index (χ1) is 18.3. The fraction of sp³-hybridized carbons (Fsp3) is 0.267. The molecule has 0 aromatic heterocycles. The number of aliphatic hydroxyl groups is 1. The van der Waals surface area contributed by atoms with Crippen LogP contribution in [0, 0.1) is 11.6 Å². The van der Waals surface area contributed by atoms with Crippen molar-refractivity contribution in [3.05, 3.63) is 94.6 Å². The highest BCUT2D eigenvalue weighted by atomic mass is 19.2. The average molecular weight is 519 g/mol. The molecule has 196 valence electrons. The Labute approximate surface area is 219 Å². The fourth-order valence-corrected chi connectivity index (χ4v) is 5.17. The Morgan fingerprint density at radius 1 is 1.00 bits per heavy atom. The monoisotopic (exact) mass is 518 g/mol. The quantitative estimate of drug-likeness (QED) is 0.255. The molecule has 38 heavy (non-hydrogen) atoms. The van der Waals surface area contributed by atoms with Crippen LogP contribution in [-0.2, 0) is 16.0 Å². The van der Waals surface area contributed by atoms with Crippen LogP contribution in [-0.4, -0.2) is 36.5 Å². The third-order valence-corrected chi connectivity index (χ3v) is 7.15. The lowest BCUT2D eigenvalue weighted by molar-refractivity contribution is -0.132. The van der Waals surface area contributed by atoms with Crippen LogP contribution in [0.2, 0.25) is 0 Å². The van der Waals surface area contributed by atoms with Crippen molar-refractivity contribution >= 4 is 28.8 Å². The van der Waals surface area contributed by atoms with Crippen molar-refractivity contribution < 1.29 is 28.2 Å². The number of hydrogen-bond donors (Lipinski definition) is 1. The summed E-state index contributed by atoms with van der Waals surface area (Å²) in [6, 6.07) is 14.5. The SMILES string of the molecule is CCN(CC)c1ccc(C2/C(=C(/O)c3ccc4c(c3)CCCO4)C(=O)C(=O)N2c2ccc(F)c(F)c2)cc1. The predicted molar refractivity (Wildman–Crippen MR) is 141 cm³/mol. The minimum Gasteiger partial charge on any atom is -0.507 e. The second-order valence-corrected chi connectivity index (χ2v) is 9.31. The van der Waals surface area contributed by atoms with Crippen LogP contribution in [0.25, 0.3) is 5.76 Å². The van der Waals surface area contributed by atoms with E-state index >= 15 is 0 Å². The van der Waals surface area contributed by atoms with Crippen molar-refractivity contribution in [3.8, 4) is 5.75 Å². The van der Waals surface area contributed by atoms with Gasteiger partial charge in [-0.1, -0.05) is 12.1 Å². The van der Waals surface area contributed by atoms with Crippen molar-refractivity contribution in [2.75, 3.05) is 29.5 Å². The highest BCUT2D eigenvalue weighted by Gasteiger charge is 2.47. The van der Waals surface area contributed by atoms with Gasteiger partial charge in [0.2, 0.25) is 0 Å². The molecular weight excluding hydrogens is 490 g/mol. The molecule has 1 unspecified atom stereocenters. The molecule has 1 amide bonds. The lowest BCUT2D eigenvalue weighted by atomic mass is 9.93. The summed E-state index contributed by atoms with van der Waals surface area (Å²) in [6.45, 7) is 6.29. The van der Waals surface area contributed by atoms with Crippen LogP contribution >= 0.6 is 0 Å². The Kier molecular flexibility index (Phi) is 6.89. The van der Waals surface area contributed by atoms with Gasteiger partial charge in [0.25, 0.3) is 11.7 Å². The Balaban J connectivity index is 1.67. The number of Topliss-reactive ketones (excluding diaryl/α,β-unsaturated/α-hetero) is 1. The molecule has 1 fully saturated rings. The van der Waals surface area contributed by atoms with Gasteiger partial charge in [-0.15, -0.1) is 0 Å². The summed E-state index contributed by atoms with van der Waals surface area (Å²) in [5.41, 5.74) is 2.68. The van der Waals surface area contributed by atoms with E-state index in [-0.39, 0.29) is 17.0 Å². The third kappa shape index (κ3) is 4.40. The van der Waals surface area contributed by atoms with Gasteiger partial charge < -0.3 is 14.7 Å². The minimum atomic E-state index is -1.14. The largest absolute Gasteiger partial charge is 0.507 e. The van der Waals surface area contributed by atoms with E-state index in [1.165, 1.54) is 6.07 Å².